The van der Waals surface area contributed by atoms with E-state index in [9.17, 15) is 13.2 Å². The van der Waals surface area contributed by atoms with E-state index in [2.05, 4.69) is 10.5 Å². The third-order valence-electron chi connectivity index (χ3n) is 4.64. The number of para-hydroxylation sites is 1. The molecule has 0 spiro atoms. The van der Waals surface area contributed by atoms with Crippen LogP contribution in [0.1, 0.15) is 5.56 Å². The fourth-order valence-corrected chi connectivity index (χ4v) is 4.75. The van der Waals surface area contributed by atoms with Crippen molar-refractivity contribution in [3.8, 4) is 11.5 Å². The van der Waals surface area contributed by atoms with Crippen LogP contribution in [-0.4, -0.2) is 41.3 Å². The van der Waals surface area contributed by atoms with Crippen LogP contribution in [0, 0.1) is 0 Å². The van der Waals surface area contributed by atoms with Crippen molar-refractivity contribution in [1.29, 1.82) is 0 Å². The molecule has 0 radical (unpaired) electrons. The van der Waals surface area contributed by atoms with Crippen LogP contribution >= 0.6 is 23.2 Å². The molecule has 0 aromatic heterocycles. The third kappa shape index (κ3) is 5.80. The van der Waals surface area contributed by atoms with Crippen molar-refractivity contribution in [2.24, 2.45) is 5.10 Å². The number of nitrogens with zero attached hydrogens (tertiary/aromatic N) is 2. The Labute approximate surface area is 207 Å². The second kappa shape index (κ2) is 11.2. The van der Waals surface area contributed by atoms with Crippen LogP contribution < -0.4 is 19.2 Å². The van der Waals surface area contributed by atoms with E-state index in [0.29, 0.717) is 17.1 Å². The fraction of sp³-hybridized carbons (Fsp3) is 0.130. The van der Waals surface area contributed by atoms with Crippen LogP contribution in [0.25, 0.3) is 0 Å². The number of carbonyl (C=O) groups is 1. The molecule has 178 valence electrons. The van der Waals surface area contributed by atoms with Gasteiger partial charge in [-0.05, 0) is 42.5 Å². The van der Waals surface area contributed by atoms with Gasteiger partial charge in [-0.1, -0.05) is 47.5 Å². The van der Waals surface area contributed by atoms with Crippen molar-refractivity contribution in [2.75, 3.05) is 25.1 Å². The van der Waals surface area contributed by atoms with Gasteiger partial charge in [0.15, 0.2) is 11.5 Å². The smallest absolute Gasteiger partial charge is 0.264 e. The molecule has 0 bridgehead atoms. The zero-order valence-corrected chi connectivity index (χ0v) is 20.6. The van der Waals surface area contributed by atoms with Crippen molar-refractivity contribution < 1.29 is 22.7 Å². The van der Waals surface area contributed by atoms with Crippen LogP contribution in [0.5, 0.6) is 11.5 Å². The molecular formula is C23H21Cl2N3O5S. The van der Waals surface area contributed by atoms with Crippen LogP contribution in [-0.2, 0) is 14.8 Å². The zero-order valence-electron chi connectivity index (χ0n) is 18.2. The molecular weight excluding hydrogens is 501 g/mol. The molecule has 0 heterocycles. The average molecular weight is 522 g/mol. The Kier molecular flexibility index (Phi) is 8.38. The summed E-state index contributed by atoms with van der Waals surface area (Å²) in [4.78, 5) is 12.7. The third-order valence-corrected chi connectivity index (χ3v) is 7.16. The molecule has 0 unspecified atom stereocenters. The molecule has 3 aromatic carbocycles. The van der Waals surface area contributed by atoms with E-state index in [4.69, 9.17) is 32.7 Å². The highest BCUT2D eigenvalue weighted by Crippen LogP contribution is 2.31. The first-order valence-corrected chi connectivity index (χ1v) is 12.0. The summed E-state index contributed by atoms with van der Waals surface area (Å²) in [5.41, 5.74) is 3.07. The van der Waals surface area contributed by atoms with Gasteiger partial charge in [-0.25, -0.2) is 13.8 Å². The number of carbonyl (C=O) groups excluding carboxylic acids is 1. The zero-order chi connectivity index (χ0) is 24.7. The highest BCUT2D eigenvalue weighted by molar-refractivity contribution is 7.92. The quantitative estimate of drug-likeness (QED) is 0.333. The lowest BCUT2D eigenvalue weighted by atomic mass is 10.2. The number of hydrazone groups is 1. The minimum Gasteiger partial charge on any atom is -0.493 e. The molecule has 0 aliphatic heterocycles. The van der Waals surface area contributed by atoms with Crippen LogP contribution in [0.2, 0.25) is 10.0 Å². The standard InChI is InChI=1S/C23H21Cl2N3O5S/c1-32-21-10-6-7-16(23(21)33-2)14-26-27-22(29)15-28(17-11-12-19(24)20(25)13-17)34(30,31)18-8-4-3-5-9-18/h3-14H,15H2,1-2H3,(H,27,29)/b26-14-. The number of hydrogen-bond acceptors (Lipinski definition) is 6. The van der Waals surface area contributed by atoms with Crippen molar-refractivity contribution >= 4 is 51.0 Å². The van der Waals surface area contributed by atoms with E-state index >= 15 is 0 Å². The lowest BCUT2D eigenvalue weighted by Gasteiger charge is -2.24. The van der Waals surface area contributed by atoms with E-state index in [-0.39, 0.29) is 20.6 Å². The van der Waals surface area contributed by atoms with Gasteiger partial charge in [0.2, 0.25) is 0 Å². The highest BCUT2D eigenvalue weighted by atomic mass is 35.5. The second-order valence-electron chi connectivity index (χ2n) is 6.80. The van der Waals surface area contributed by atoms with Gasteiger partial charge in [-0.2, -0.15) is 5.10 Å². The Morgan fingerprint density at radius 2 is 1.74 bits per heavy atom. The minimum absolute atomic E-state index is 0.0125. The fourth-order valence-electron chi connectivity index (χ4n) is 3.03. The van der Waals surface area contributed by atoms with Gasteiger partial charge < -0.3 is 9.47 Å². The van der Waals surface area contributed by atoms with Gasteiger partial charge in [-0.15, -0.1) is 0 Å². The van der Waals surface area contributed by atoms with Crippen molar-refractivity contribution in [1.82, 2.24) is 5.43 Å². The second-order valence-corrected chi connectivity index (χ2v) is 9.48. The summed E-state index contributed by atoms with van der Waals surface area (Å²) in [6.07, 6.45) is 1.37. The first kappa shape index (κ1) is 25.4. The van der Waals surface area contributed by atoms with E-state index in [1.54, 1.807) is 36.4 Å². The minimum atomic E-state index is -4.09. The normalized spacial score (nSPS) is 11.3. The first-order chi connectivity index (χ1) is 16.3. The number of anilines is 1. The summed E-state index contributed by atoms with van der Waals surface area (Å²) in [6.45, 7) is -0.554. The number of benzene rings is 3. The molecule has 0 fully saturated rings. The predicted octanol–water partition coefficient (Wildman–Crippen LogP) is 4.36. The molecule has 0 atom stereocenters. The highest BCUT2D eigenvalue weighted by Gasteiger charge is 2.27. The number of amides is 1. The molecule has 0 saturated carbocycles. The summed E-state index contributed by atoms with van der Waals surface area (Å²) in [7, 11) is -1.10. The molecule has 0 aliphatic carbocycles. The van der Waals surface area contributed by atoms with E-state index in [1.165, 1.54) is 50.8 Å². The number of hydrogen-bond donors (Lipinski definition) is 1. The summed E-state index contributed by atoms with van der Waals surface area (Å²) < 4.78 is 38.1. The van der Waals surface area contributed by atoms with Gasteiger partial charge in [0, 0.05) is 5.56 Å². The summed E-state index contributed by atoms with van der Waals surface area (Å²) in [5, 5.41) is 4.33. The van der Waals surface area contributed by atoms with Gasteiger partial charge in [-0.3, -0.25) is 9.10 Å². The Hall–Kier alpha value is -3.27. The number of nitrogens with one attached hydrogen (secondary N) is 1. The maximum absolute atomic E-state index is 13.3. The molecule has 1 N–H and O–H groups in total. The Balaban J connectivity index is 1.86. The lowest BCUT2D eigenvalue weighted by molar-refractivity contribution is -0.119. The Bertz CT molecular complexity index is 1300. The maximum atomic E-state index is 13.3. The van der Waals surface area contributed by atoms with Crippen molar-refractivity contribution in [3.63, 3.8) is 0 Å². The van der Waals surface area contributed by atoms with E-state index in [1.807, 2.05) is 0 Å². The maximum Gasteiger partial charge on any atom is 0.264 e. The van der Waals surface area contributed by atoms with E-state index in [0.717, 1.165) is 4.31 Å². The monoisotopic (exact) mass is 521 g/mol. The molecule has 3 aromatic rings. The molecule has 0 saturated heterocycles. The average Bonchev–Trinajstić information content (AvgIpc) is 2.84. The molecule has 1 amide bonds. The molecule has 0 aliphatic rings. The lowest BCUT2D eigenvalue weighted by Crippen LogP contribution is -2.39. The van der Waals surface area contributed by atoms with Crippen molar-refractivity contribution in [2.45, 2.75) is 4.90 Å². The van der Waals surface area contributed by atoms with Crippen LogP contribution in [0.15, 0.2) is 76.7 Å². The summed E-state index contributed by atoms with van der Waals surface area (Å²) in [6, 6.07) is 17.2. The van der Waals surface area contributed by atoms with Gasteiger partial charge >= 0.3 is 0 Å². The summed E-state index contributed by atoms with van der Waals surface area (Å²) >= 11 is 12.1. The number of rotatable bonds is 9. The molecule has 34 heavy (non-hydrogen) atoms. The SMILES string of the molecule is COc1cccc(/C=N\NC(=O)CN(c2ccc(Cl)c(Cl)c2)S(=O)(=O)c2ccccc2)c1OC. The first-order valence-electron chi connectivity index (χ1n) is 9.83. The Morgan fingerprint density at radius 1 is 1.00 bits per heavy atom. The van der Waals surface area contributed by atoms with Gasteiger partial charge in [0.05, 0.1) is 41.1 Å². The molecule has 11 heteroatoms. The largest absolute Gasteiger partial charge is 0.493 e. The van der Waals surface area contributed by atoms with Crippen LogP contribution in [0.4, 0.5) is 5.69 Å². The number of methoxy groups -OCH3 is 2. The summed E-state index contributed by atoms with van der Waals surface area (Å²) in [5.74, 6) is 0.258. The Morgan fingerprint density at radius 3 is 2.38 bits per heavy atom. The predicted molar refractivity (Wildman–Crippen MR) is 133 cm³/mol. The van der Waals surface area contributed by atoms with Crippen LogP contribution in [0.3, 0.4) is 0 Å². The number of halogens is 2. The molecule has 3 rings (SSSR count). The van der Waals surface area contributed by atoms with Gasteiger partial charge in [0.1, 0.15) is 6.54 Å². The topological polar surface area (TPSA) is 97.3 Å². The van der Waals surface area contributed by atoms with E-state index < -0.39 is 22.5 Å². The van der Waals surface area contributed by atoms with Gasteiger partial charge in [0.25, 0.3) is 15.9 Å². The van der Waals surface area contributed by atoms with Crippen molar-refractivity contribution in [3.05, 3.63) is 82.3 Å². The number of ether oxygens (including phenoxy) is 2. The number of sulfonamides is 1. The molecule has 8 nitrogen and oxygen atoms in total.